The lowest BCUT2D eigenvalue weighted by Crippen LogP contribution is -2.24. The Labute approximate surface area is 148 Å². The van der Waals surface area contributed by atoms with Crippen LogP contribution in [0.1, 0.15) is 98.3 Å². The number of carbonyl (C=O) groups excluding carboxylic acids is 2. The van der Waals surface area contributed by atoms with Gasteiger partial charge >= 0.3 is 11.9 Å². The average molecular weight is 343 g/mol. The second kappa shape index (κ2) is 15.5. The van der Waals surface area contributed by atoms with Gasteiger partial charge in [-0.15, -0.1) is 0 Å². The quantitative estimate of drug-likeness (QED) is 0.226. The normalized spacial score (nSPS) is 12.2. The maximum absolute atomic E-state index is 11.7. The van der Waals surface area contributed by atoms with E-state index >= 15 is 0 Å². The van der Waals surface area contributed by atoms with Crippen molar-refractivity contribution in [2.75, 3.05) is 6.61 Å². The van der Waals surface area contributed by atoms with Gasteiger partial charge in [0.1, 0.15) is 12.5 Å². The van der Waals surface area contributed by atoms with Crippen LogP contribution in [0.4, 0.5) is 0 Å². The summed E-state index contributed by atoms with van der Waals surface area (Å²) < 4.78 is 10.4. The first kappa shape index (κ1) is 22.9. The molecule has 0 spiro atoms. The Balaban J connectivity index is 3.54. The first-order valence-electron chi connectivity index (χ1n) is 9.86. The van der Waals surface area contributed by atoms with Gasteiger partial charge in [0.05, 0.1) is 6.61 Å². The van der Waals surface area contributed by atoms with Gasteiger partial charge in [-0.1, -0.05) is 79.1 Å². The van der Waals surface area contributed by atoms with Crippen molar-refractivity contribution in [1.29, 1.82) is 0 Å². The van der Waals surface area contributed by atoms with Crippen LogP contribution in [0.2, 0.25) is 0 Å². The number of hydrogen-bond acceptors (Lipinski definition) is 4. The Morgan fingerprint density at radius 1 is 0.792 bits per heavy atom. The van der Waals surface area contributed by atoms with E-state index in [-0.39, 0.29) is 18.4 Å². The van der Waals surface area contributed by atoms with E-state index in [9.17, 15) is 9.59 Å². The Hall–Kier alpha value is -1.06. The zero-order valence-corrected chi connectivity index (χ0v) is 16.3. The Morgan fingerprint density at radius 2 is 1.33 bits per heavy atom. The highest BCUT2D eigenvalue weighted by atomic mass is 16.6. The van der Waals surface area contributed by atoms with Gasteiger partial charge in [0.15, 0.2) is 0 Å². The average Bonchev–Trinajstić information content (AvgIpc) is 2.54. The number of carbonyl (C=O) groups is 2. The molecule has 0 aliphatic rings. The van der Waals surface area contributed by atoms with Gasteiger partial charge in [0, 0.05) is 0 Å². The molecular formula is C20H38O4. The number of esters is 2. The van der Waals surface area contributed by atoms with Gasteiger partial charge in [-0.3, -0.25) is 9.59 Å². The van der Waals surface area contributed by atoms with Gasteiger partial charge in [0.2, 0.25) is 0 Å². The minimum atomic E-state index is -0.479. The fourth-order valence-electron chi connectivity index (χ4n) is 2.67. The molecule has 0 saturated carbocycles. The molecule has 1 unspecified atom stereocenters. The SMILES string of the molecule is CCCCCCCCCCCOC(=O)CC(=O)OC(CC)C(C)C. The van der Waals surface area contributed by atoms with Crippen LogP contribution >= 0.6 is 0 Å². The summed E-state index contributed by atoms with van der Waals surface area (Å²) >= 11 is 0. The molecule has 0 aliphatic heterocycles. The minimum Gasteiger partial charge on any atom is -0.465 e. The lowest BCUT2D eigenvalue weighted by atomic mass is 10.1. The van der Waals surface area contributed by atoms with E-state index in [4.69, 9.17) is 9.47 Å². The monoisotopic (exact) mass is 342 g/mol. The summed E-state index contributed by atoms with van der Waals surface area (Å²) in [4.78, 5) is 23.3. The molecule has 0 N–H and O–H groups in total. The molecule has 0 aliphatic carbocycles. The van der Waals surface area contributed by atoms with Gasteiger partial charge < -0.3 is 9.47 Å². The molecule has 0 saturated heterocycles. The highest BCUT2D eigenvalue weighted by molar-refractivity contribution is 5.91. The molecule has 0 radical (unpaired) electrons. The Kier molecular flexibility index (Phi) is 14.8. The third-order valence-electron chi connectivity index (χ3n) is 4.23. The largest absolute Gasteiger partial charge is 0.465 e. The molecule has 4 heteroatoms. The van der Waals surface area contributed by atoms with Crippen LogP contribution in [0.15, 0.2) is 0 Å². The number of rotatable bonds is 15. The van der Waals surface area contributed by atoms with Crippen LogP contribution < -0.4 is 0 Å². The molecule has 0 heterocycles. The van der Waals surface area contributed by atoms with E-state index in [1.807, 2.05) is 20.8 Å². The van der Waals surface area contributed by atoms with Gasteiger partial charge in [-0.2, -0.15) is 0 Å². The molecule has 4 nitrogen and oxygen atoms in total. The van der Waals surface area contributed by atoms with Crippen LogP contribution in [0.5, 0.6) is 0 Å². The minimum absolute atomic E-state index is 0.123. The van der Waals surface area contributed by atoms with Crippen LogP contribution in [0, 0.1) is 5.92 Å². The van der Waals surface area contributed by atoms with E-state index in [2.05, 4.69) is 6.92 Å². The maximum atomic E-state index is 11.7. The zero-order valence-electron chi connectivity index (χ0n) is 16.3. The van der Waals surface area contributed by atoms with E-state index in [1.165, 1.54) is 44.9 Å². The standard InChI is InChI=1S/C20H38O4/c1-5-7-8-9-10-11-12-13-14-15-23-19(21)16-20(22)24-18(6-2)17(3)4/h17-18H,5-16H2,1-4H3. The van der Waals surface area contributed by atoms with Crippen LogP contribution in [-0.4, -0.2) is 24.6 Å². The van der Waals surface area contributed by atoms with Gasteiger partial charge in [-0.25, -0.2) is 0 Å². The van der Waals surface area contributed by atoms with E-state index in [1.54, 1.807) is 0 Å². The molecule has 24 heavy (non-hydrogen) atoms. The van der Waals surface area contributed by atoms with E-state index in [0.29, 0.717) is 6.61 Å². The van der Waals surface area contributed by atoms with Crippen LogP contribution in [0.3, 0.4) is 0 Å². The second-order valence-electron chi connectivity index (χ2n) is 6.91. The van der Waals surface area contributed by atoms with Gasteiger partial charge in [0.25, 0.3) is 0 Å². The molecule has 0 aromatic heterocycles. The smallest absolute Gasteiger partial charge is 0.317 e. The first-order valence-corrected chi connectivity index (χ1v) is 9.86. The highest BCUT2D eigenvalue weighted by Gasteiger charge is 2.19. The van der Waals surface area contributed by atoms with Gasteiger partial charge in [-0.05, 0) is 18.8 Å². The van der Waals surface area contributed by atoms with Crippen molar-refractivity contribution < 1.29 is 19.1 Å². The molecule has 0 aromatic rings. The number of ether oxygens (including phenoxy) is 2. The molecule has 0 bridgehead atoms. The van der Waals surface area contributed by atoms with E-state index in [0.717, 1.165) is 19.3 Å². The molecule has 0 rings (SSSR count). The number of unbranched alkanes of at least 4 members (excludes halogenated alkanes) is 8. The summed E-state index contributed by atoms with van der Waals surface area (Å²) in [5.41, 5.74) is 0. The summed E-state index contributed by atoms with van der Waals surface area (Å²) in [6, 6.07) is 0. The van der Waals surface area contributed by atoms with Crippen LogP contribution in [0.25, 0.3) is 0 Å². The molecule has 0 amide bonds. The molecule has 1 atom stereocenters. The Morgan fingerprint density at radius 3 is 1.83 bits per heavy atom. The van der Waals surface area contributed by atoms with Crippen LogP contribution in [-0.2, 0) is 19.1 Å². The van der Waals surface area contributed by atoms with Crippen molar-refractivity contribution in [2.24, 2.45) is 5.92 Å². The fourth-order valence-corrected chi connectivity index (χ4v) is 2.67. The lowest BCUT2D eigenvalue weighted by molar-refractivity contribution is -0.159. The topological polar surface area (TPSA) is 52.6 Å². The molecule has 142 valence electrons. The second-order valence-corrected chi connectivity index (χ2v) is 6.91. The molecule has 0 aromatic carbocycles. The maximum Gasteiger partial charge on any atom is 0.317 e. The fraction of sp³-hybridized carbons (Fsp3) is 0.900. The third kappa shape index (κ3) is 13.4. The molecule has 0 fully saturated rings. The van der Waals surface area contributed by atoms with Crippen molar-refractivity contribution in [1.82, 2.24) is 0 Å². The van der Waals surface area contributed by atoms with Crippen molar-refractivity contribution in [3.8, 4) is 0 Å². The zero-order chi connectivity index (χ0) is 18.2. The van der Waals surface area contributed by atoms with Crippen molar-refractivity contribution >= 4 is 11.9 Å². The van der Waals surface area contributed by atoms with Crippen molar-refractivity contribution in [3.05, 3.63) is 0 Å². The summed E-state index contributed by atoms with van der Waals surface area (Å²) in [5.74, 6) is -0.692. The van der Waals surface area contributed by atoms with E-state index < -0.39 is 11.9 Å². The predicted molar refractivity (Wildman–Crippen MR) is 97.8 cm³/mol. The van der Waals surface area contributed by atoms with Crippen molar-refractivity contribution in [2.45, 2.75) is 104 Å². The highest BCUT2D eigenvalue weighted by Crippen LogP contribution is 2.12. The molecular weight excluding hydrogens is 304 g/mol. The summed E-state index contributed by atoms with van der Waals surface area (Å²) in [6.07, 6.45) is 11.4. The Bertz CT molecular complexity index is 326. The lowest BCUT2D eigenvalue weighted by Gasteiger charge is -2.19. The van der Waals surface area contributed by atoms with Crippen molar-refractivity contribution in [3.63, 3.8) is 0 Å². The summed E-state index contributed by atoms with van der Waals surface area (Å²) in [5, 5.41) is 0. The summed E-state index contributed by atoms with van der Waals surface area (Å²) in [6.45, 7) is 8.62. The first-order chi connectivity index (χ1) is 11.5. The number of hydrogen-bond donors (Lipinski definition) is 0. The summed E-state index contributed by atoms with van der Waals surface area (Å²) in [7, 11) is 0. The third-order valence-corrected chi connectivity index (χ3v) is 4.23. The predicted octanol–water partition coefficient (Wildman–Crippen LogP) is 5.43.